The van der Waals surface area contributed by atoms with Gasteiger partial charge < -0.3 is 19.1 Å². The molecule has 2 saturated heterocycles. The van der Waals surface area contributed by atoms with Crippen LogP contribution in [0.3, 0.4) is 0 Å². The molecule has 114 valence electrons. The van der Waals surface area contributed by atoms with E-state index in [9.17, 15) is 0 Å². The molecule has 2 heterocycles. The van der Waals surface area contributed by atoms with Crippen molar-refractivity contribution < 1.29 is 14.2 Å². The van der Waals surface area contributed by atoms with E-state index in [-0.39, 0.29) is 12.3 Å². The Bertz CT molecular complexity index is 596. The number of rotatable bonds is 7. The van der Waals surface area contributed by atoms with E-state index in [1.807, 2.05) is 48.5 Å². The molecule has 0 N–H and O–H groups in total. The van der Waals surface area contributed by atoms with E-state index < -0.39 is 0 Å². The van der Waals surface area contributed by atoms with Crippen molar-refractivity contribution in [2.24, 2.45) is 0 Å². The molecule has 0 aromatic heterocycles. The largest absolute Gasteiger partial charge is 0.468 e. The molecular formula is C18H19NO3. The molecule has 3 unspecified atom stereocenters. The molecule has 22 heavy (non-hydrogen) atoms. The van der Waals surface area contributed by atoms with Crippen molar-refractivity contribution in [2.45, 2.75) is 18.4 Å². The van der Waals surface area contributed by atoms with E-state index in [1.54, 1.807) is 0 Å². The number of benzene rings is 2. The van der Waals surface area contributed by atoms with Gasteiger partial charge in [0, 0.05) is 5.69 Å². The van der Waals surface area contributed by atoms with Gasteiger partial charge in [0.2, 0.25) is 6.23 Å². The van der Waals surface area contributed by atoms with Gasteiger partial charge in [0.1, 0.15) is 11.9 Å². The molecule has 0 bridgehead atoms. The maximum Gasteiger partial charge on any atom is 0.201 e. The van der Waals surface area contributed by atoms with Crippen LogP contribution in [0.4, 0.5) is 5.69 Å². The first-order valence-electron chi connectivity index (χ1n) is 7.67. The van der Waals surface area contributed by atoms with Crippen LogP contribution in [-0.4, -0.2) is 38.2 Å². The van der Waals surface area contributed by atoms with Crippen LogP contribution in [0, 0.1) is 0 Å². The minimum atomic E-state index is -0.131. The monoisotopic (exact) mass is 297 g/mol. The normalized spacial score (nSPS) is 23.6. The number of hydrogen-bond acceptors (Lipinski definition) is 4. The molecule has 2 fully saturated rings. The van der Waals surface area contributed by atoms with Gasteiger partial charge in [0.25, 0.3) is 0 Å². The summed E-state index contributed by atoms with van der Waals surface area (Å²) < 4.78 is 17.2. The molecule has 2 aromatic carbocycles. The van der Waals surface area contributed by atoms with Crippen LogP contribution >= 0.6 is 0 Å². The third-order valence-corrected chi connectivity index (χ3v) is 3.87. The van der Waals surface area contributed by atoms with Gasteiger partial charge in [-0.3, -0.25) is 0 Å². The highest BCUT2D eigenvalue weighted by Gasteiger charge is 2.41. The quantitative estimate of drug-likeness (QED) is 0.582. The van der Waals surface area contributed by atoms with Crippen molar-refractivity contribution in [3.05, 3.63) is 60.7 Å². The number of anilines is 1. The van der Waals surface area contributed by atoms with Gasteiger partial charge in [-0.2, -0.15) is 0 Å². The van der Waals surface area contributed by atoms with Gasteiger partial charge in [-0.1, -0.05) is 36.4 Å². The maximum atomic E-state index is 6.23. The van der Waals surface area contributed by atoms with Gasteiger partial charge in [-0.05, 0) is 24.3 Å². The highest BCUT2D eigenvalue weighted by atomic mass is 16.6. The number of nitrogens with zero attached hydrogens (tertiary/aromatic N) is 1. The van der Waals surface area contributed by atoms with E-state index in [1.165, 1.54) is 0 Å². The van der Waals surface area contributed by atoms with E-state index in [0.717, 1.165) is 31.2 Å². The fourth-order valence-corrected chi connectivity index (χ4v) is 2.57. The summed E-state index contributed by atoms with van der Waals surface area (Å²) in [6, 6.07) is 20.2. The Hall–Kier alpha value is -2.04. The summed E-state index contributed by atoms with van der Waals surface area (Å²) in [6.45, 7) is 2.39. The van der Waals surface area contributed by atoms with Crippen molar-refractivity contribution >= 4 is 5.69 Å². The Morgan fingerprint density at radius 2 is 1.59 bits per heavy atom. The Balaban J connectivity index is 1.59. The van der Waals surface area contributed by atoms with E-state index >= 15 is 0 Å². The van der Waals surface area contributed by atoms with Gasteiger partial charge in [-0.25, -0.2) is 0 Å². The zero-order valence-electron chi connectivity index (χ0n) is 12.3. The van der Waals surface area contributed by atoms with Crippen LogP contribution in [0.15, 0.2) is 60.7 Å². The first-order chi connectivity index (χ1) is 10.9. The van der Waals surface area contributed by atoms with Gasteiger partial charge >= 0.3 is 0 Å². The zero-order chi connectivity index (χ0) is 14.8. The van der Waals surface area contributed by atoms with Crippen molar-refractivity contribution in [1.82, 2.24) is 0 Å². The molecule has 0 amide bonds. The van der Waals surface area contributed by atoms with Gasteiger partial charge in [-0.15, -0.1) is 0 Å². The summed E-state index contributed by atoms with van der Waals surface area (Å²) in [5.41, 5.74) is 1.13. The number of para-hydroxylation sites is 2. The molecule has 4 nitrogen and oxygen atoms in total. The highest BCUT2D eigenvalue weighted by molar-refractivity contribution is 5.48. The van der Waals surface area contributed by atoms with E-state index in [2.05, 4.69) is 17.0 Å². The van der Waals surface area contributed by atoms with Crippen molar-refractivity contribution in [2.75, 3.05) is 24.7 Å². The maximum absolute atomic E-state index is 6.23. The molecule has 3 atom stereocenters. The molecule has 4 heteroatoms. The molecule has 2 aliphatic heterocycles. The SMILES string of the molecule is c1ccc(OC(C2CO2)N(CC2CO2)c2ccccc2)cc1. The fraction of sp³-hybridized carbons (Fsp3) is 0.333. The first kappa shape index (κ1) is 13.6. The molecule has 0 aliphatic carbocycles. The van der Waals surface area contributed by atoms with Gasteiger partial charge in [0.05, 0.1) is 25.9 Å². The summed E-state index contributed by atoms with van der Waals surface area (Å²) >= 11 is 0. The van der Waals surface area contributed by atoms with Crippen molar-refractivity contribution in [3.63, 3.8) is 0 Å². The third-order valence-electron chi connectivity index (χ3n) is 3.87. The van der Waals surface area contributed by atoms with E-state index in [0.29, 0.717) is 6.10 Å². The van der Waals surface area contributed by atoms with Crippen LogP contribution in [0.5, 0.6) is 5.75 Å². The second kappa shape index (κ2) is 5.99. The summed E-state index contributed by atoms with van der Waals surface area (Å²) in [7, 11) is 0. The van der Waals surface area contributed by atoms with Crippen LogP contribution in [0.1, 0.15) is 0 Å². The average Bonchev–Trinajstić information content (AvgIpc) is 3.47. The lowest BCUT2D eigenvalue weighted by Crippen LogP contribution is -2.45. The topological polar surface area (TPSA) is 37.5 Å². The molecule has 0 saturated carbocycles. The predicted octanol–water partition coefficient (Wildman–Crippen LogP) is 2.70. The van der Waals surface area contributed by atoms with Crippen LogP contribution < -0.4 is 9.64 Å². The first-order valence-corrected chi connectivity index (χ1v) is 7.67. The van der Waals surface area contributed by atoms with E-state index in [4.69, 9.17) is 14.2 Å². The van der Waals surface area contributed by atoms with Crippen molar-refractivity contribution in [3.8, 4) is 5.75 Å². The smallest absolute Gasteiger partial charge is 0.201 e. The highest BCUT2D eigenvalue weighted by Crippen LogP contribution is 2.29. The molecule has 2 aliphatic rings. The summed E-state index contributed by atoms with van der Waals surface area (Å²) in [6.07, 6.45) is 0.272. The molecule has 0 spiro atoms. The Kier molecular flexibility index (Phi) is 3.70. The lowest BCUT2D eigenvalue weighted by Gasteiger charge is -2.32. The molecule has 4 rings (SSSR count). The number of hydrogen-bond donors (Lipinski definition) is 0. The summed E-state index contributed by atoms with van der Waals surface area (Å²) in [5, 5.41) is 0. The summed E-state index contributed by atoms with van der Waals surface area (Å²) in [5.74, 6) is 0.862. The third kappa shape index (κ3) is 3.24. The number of ether oxygens (including phenoxy) is 3. The zero-order valence-corrected chi connectivity index (χ0v) is 12.3. The summed E-state index contributed by atoms with van der Waals surface area (Å²) in [4.78, 5) is 2.25. The predicted molar refractivity (Wildman–Crippen MR) is 84.1 cm³/mol. The Labute approximate surface area is 130 Å². The Morgan fingerprint density at radius 1 is 0.955 bits per heavy atom. The lowest BCUT2D eigenvalue weighted by molar-refractivity contribution is 0.151. The molecule has 2 aromatic rings. The number of epoxide rings is 2. The van der Waals surface area contributed by atoms with Crippen LogP contribution in [0.2, 0.25) is 0 Å². The lowest BCUT2D eigenvalue weighted by atomic mass is 10.2. The van der Waals surface area contributed by atoms with Gasteiger partial charge in [0.15, 0.2) is 0 Å². The molecular weight excluding hydrogens is 278 g/mol. The van der Waals surface area contributed by atoms with Crippen LogP contribution in [-0.2, 0) is 9.47 Å². The van der Waals surface area contributed by atoms with Crippen molar-refractivity contribution in [1.29, 1.82) is 0 Å². The second-order valence-electron chi connectivity index (χ2n) is 5.64. The second-order valence-corrected chi connectivity index (χ2v) is 5.64. The Morgan fingerprint density at radius 3 is 2.18 bits per heavy atom. The standard InChI is InChI=1S/C18H19NO3/c1-3-7-14(8-4-1)19(11-16-12-20-16)18(17-13-21-17)22-15-9-5-2-6-10-15/h1-10,16-18H,11-13H2. The minimum Gasteiger partial charge on any atom is -0.468 e. The van der Waals surface area contributed by atoms with Crippen LogP contribution in [0.25, 0.3) is 0 Å². The minimum absolute atomic E-state index is 0.110. The molecule has 0 radical (unpaired) electrons. The average molecular weight is 297 g/mol. The fourth-order valence-electron chi connectivity index (χ4n) is 2.57.